The van der Waals surface area contributed by atoms with E-state index in [1.807, 2.05) is 13.8 Å². The molecular weight excluding hydrogens is 230 g/mol. The van der Waals surface area contributed by atoms with E-state index in [0.717, 1.165) is 11.1 Å². The van der Waals surface area contributed by atoms with Crippen LogP contribution >= 0.6 is 0 Å². The number of H-pyrrole nitrogens is 2. The van der Waals surface area contributed by atoms with Gasteiger partial charge in [-0.2, -0.15) is 0 Å². The minimum absolute atomic E-state index is 0.231. The lowest BCUT2D eigenvalue weighted by Gasteiger charge is -2.04. The number of rotatable bonds is 0. The van der Waals surface area contributed by atoms with Gasteiger partial charge in [-0.25, -0.2) is 4.98 Å². The molecule has 0 amide bonds. The number of nitrogens with one attached hydrogen (secondary N) is 2. The van der Waals surface area contributed by atoms with E-state index >= 15 is 0 Å². The highest BCUT2D eigenvalue weighted by Crippen LogP contribution is 2.18. The highest BCUT2D eigenvalue weighted by Gasteiger charge is 2.09. The Kier molecular flexibility index (Phi) is 2.10. The van der Waals surface area contributed by atoms with Crippen molar-refractivity contribution in [2.45, 2.75) is 13.8 Å². The van der Waals surface area contributed by atoms with Crippen LogP contribution in [0.1, 0.15) is 11.1 Å². The normalized spacial score (nSPS) is 11.2. The second-order valence-electron chi connectivity index (χ2n) is 4.38. The van der Waals surface area contributed by atoms with E-state index in [4.69, 9.17) is 0 Å². The molecule has 0 aliphatic carbocycles. The minimum Gasteiger partial charge on any atom is -0.328 e. The molecule has 18 heavy (non-hydrogen) atoms. The number of fused-ring (bicyclic) bond motifs is 2. The Morgan fingerprint density at radius 3 is 1.78 bits per heavy atom. The van der Waals surface area contributed by atoms with Crippen LogP contribution in [0.25, 0.3) is 21.8 Å². The Morgan fingerprint density at radius 2 is 1.33 bits per heavy atom. The molecule has 0 bridgehead atoms. The van der Waals surface area contributed by atoms with Crippen molar-refractivity contribution in [3.63, 3.8) is 0 Å². The number of hydrogen-bond donors (Lipinski definition) is 2. The highest BCUT2D eigenvalue weighted by atomic mass is 16.1. The summed E-state index contributed by atoms with van der Waals surface area (Å²) in [5.74, 6) is 0. The van der Waals surface area contributed by atoms with Gasteiger partial charge in [0.2, 0.25) is 0 Å². The summed E-state index contributed by atoms with van der Waals surface area (Å²) in [6.07, 6.45) is 3.26. The van der Waals surface area contributed by atoms with Crippen molar-refractivity contribution in [1.29, 1.82) is 0 Å². The summed E-state index contributed by atoms with van der Waals surface area (Å²) >= 11 is 0. The van der Waals surface area contributed by atoms with Gasteiger partial charge in [0.05, 0.1) is 21.8 Å². The second-order valence-corrected chi connectivity index (χ2v) is 4.38. The zero-order valence-corrected chi connectivity index (χ0v) is 10.00. The van der Waals surface area contributed by atoms with Crippen molar-refractivity contribution in [3.05, 3.63) is 50.3 Å². The van der Waals surface area contributed by atoms with Crippen LogP contribution in [0.5, 0.6) is 0 Å². The molecule has 0 aliphatic heterocycles. The van der Waals surface area contributed by atoms with E-state index in [1.54, 1.807) is 18.5 Å². The lowest BCUT2D eigenvalue weighted by atomic mass is 10.1. The molecule has 0 aromatic carbocycles. The fourth-order valence-electron chi connectivity index (χ4n) is 2.10. The monoisotopic (exact) mass is 241 g/mol. The number of nitrogens with zero attached hydrogens (tertiary/aromatic N) is 1. The van der Waals surface area contributed by atoms with Crippen LogP contribution in [0.3, 0.4) is 0 Å². The number of aryl methyl sites for hydroxylation is 2. The van der Waals surface area contributed by atoms with Crippen LogP contribution in [0.4, 0.5) is 0 Å². The Hall–Kier alpha value is -2.43. The fraction of sp³-hybridized carbons (Fsp3) is 0.154. The lowest BCUT2D eigenvalue weighted by molar-refractivity contribution is 1.20. The predicted molar refractivity (Wildman–Crippen MR) is 70.0 cm³/mol. The summed E-state index contributed by atoms with van der Waals surface area (Å²) in [7, 11) is 0. The molecule has 3 aromatic heterocycles. The summed E-state index contributed by atoms with van der Waals surface area (Å²) < 4.78 is 0. The van der Waals surface area contributed by atoms with E-state index in [1.165, 1.54) is 0 Å². The molecule has 5 heteroatoms. The Labute approximate surface area is 102 Å². The van der Waals surface area contributed by atoms with Gasteiger partial charge in [-0.3, -0.25) is 9.59 Å². The maximum atomic E-state index is 11.8. The molecule has 90 valence electrons. The molecule has 0 atom stereocenters. The predicted octanol–water partition coefficient (Wildman–Crippen LogP) is 1.38. The van der Waals surface area contributed by atoms with Crippen LogP contribution in [0.2, 0.25) is 0 Å². The van der Waals surface area contributed by atoms with Gasteiger partial charge in [-0.15, -0.1) is 0 Å². The highest BCUT2D eigenvalue weighted by molar-refractivity contribution is 5.94. The Bertz CT molecular complexity index is 819. The van der Waals surface area contributed by atoms with Crippen LogP contribution in [-0.2, 0) is 0 Å². The number of pyridine rings is 3. The average molecular weight is 241 g/mol. The molecule has 0 fully saturated rings. The Morgan fingerprint density at radius 1 is 0.889 bits per heavy atom. The first-order chi connectivity index (χ1) is 8.58. The largest absolute Gasteiger partial charge is 0.328 e. The molecule has 2 N–H and O–H groups in total. The summed E-state index contributed by atoms with van der Waals surface area (Å²) in [5.41, 5.74) is 2.58. The molecule has 3 heterocycles. The smallest absolute Gasteiger partial charge is 0.257 e. The molecule has 0 unspecified atom stereocenters. The van der Waals surface area contributed by atoms with E-state index < -0.39 is 0 Å². The molecule has 0 spiro atoms. The van der Waals surface area contributed by atoms with Crippen molar-refractivity contribution in [1.82, 2.24) is 15.0 Å². The molecule has 0 radical (unpaired) electrons. The van der Waals surface area contributed by atoms with Crippen molar-refractivity contribution in [2.75, 3.05) is 0 Å². The number of aromatic nitrogens is 3. The summed E-state index contributed by atoms with van der Waals surface area (Å²) in [6, 6.07) is 1.61. The van der Waals surface area contributed by atoms with Gasteiger partial charge in [0, 0.05) is 12.4 Å². The molecule has 0 saturated heterocycles. The fourth-order valence-corrected chi connectivity index (χ4v) is 2.10. The van der Waals surface area contributed by atoms with Gasteiger partial charge < -0.3 is 9.97 Å². The molecule has 3 aromatic rings. The quantitative estimate of drug-likeness (QED) is 0.583. The van der Waals surface area contributed by atoms with Gasteiger partial charge in [0.1, 0.15) is 0 Å². The van der Waals surface area contributed by atoms with E-state index in [0.29, 0.717) is 21.8 Å². The summed E-state index contributed by atoms with van der Waals surface area (Å²) in [5, 5.41) is 0.886. The first kappa shape index (κ1) is 10.7. The average Bonchev–Trinajstić information content (AvgIpc) is 2.37. The standard InChI is InChI=1S/C13H11N3O2/c1-6-4-14-12(17)8-3-9-11(16-10(6)8)7(2)5-15-13(9)18/h3-5H,1-2H3,(H,14,17)(H,15,18). The van der Waals surface area contributed by atoms with E-state index in [9.17, 15) is 9.59 Å². The number of aromatic amines is 2. The lowest BCUT2D eigenvalue weighted by Crippen LogP contribution is -2.11. The molecule has 0 aliphatic rings. The van der Waals surface area contributed by atoms with Crippen LogP contribution in [0, 0.1) is 13.8 Å². The van der Waals surface area contributed by atoms with Gasteiger partial charge in [-0.05, 0) is 31.0 Å². The molecule has 3 rings (SSSR count). The van der Waals surface area contributed by atoms with Gasteiger partial charge >= 0.3 is 0 Å². The van der Waals surface area contributed by atoms with E-state index in [2.05, 4.69) is 15.0 Å². The minimum atomic E-state index is -0.231. The van der Waals surface area contributed by atoms with Crippen molar-refractivity contribution in [3.8, 4) is 0 Å². The van der Waals surface area contributed by atoms with Crippen LogP contribution < -0.4 is 11.1 Å². The first-order valence-corrected chi connectivity index (χ1v) is 5.59. The SMILES string of the molecule is Cc1c[nH]c(=O)c2cc3c(=O)[nH]cc(C)c3nc12. The van der Waals surface area contributed by atoms with Gasteiger partial charge in [0.25, 0.3) is 11.1 Å². The first-order valence-electron chi connectivity index (χ1n) is 5.59. The van der Waals surface area contributed by atoms with E-state index in [-0.39, 0.29) is 11.1 Å². The van der Waals surface area contributed by atoms with Gasteiger partial charge in [0.15, 0.2) is 0 Å². The zero-order chi connectivity index (χ0) is 12.9. The van der Waals surface area contributed by atoms with Crippen molar-refractivity contribution >= 4 is 21.8 Å². The zero-order valence-electron chi connectivity index (χ0n) is 10.00. The maximum Gasteiger partial charge on any atom is 0.257 e. The third kappa shape index (κ3) is 1.37. The topological polar surface area (TPSA) is 78.6 Å². The van der Waals surface area contributed by atoms with Crippen molar-refractivity contribution in [2.24, 2.45) is 0 Å². The third-order valence-electron chi connectivity index (χ3n) is 3.10. The third-order valence-corrected chi connectivity index (χ3v) is 3.10. The molecule has 0 saturated carbocycles. The van der Waals surface area contributed by atoms with Gasteiger partial charge in [-0.1, -0.05) is 0 Å². The maximum absolute atomic E-state index is 11.8. The molecule has 5 nitrogen and oxygen atoms in total. The summed E-state index contributed by atoms with van der Waals surface area (Å²) in [4.78, 5) is 33.3. The second kappa shape index (κ2) is 3.53. The van der Waals surface area contributed by atoms with Crippen LogP contribution in [-0.4, -0.2) is 15.0 Å². The number of hydrogen-bond acceptors (Lipinski definition) is 3. The molecular formula is C13H11N3O2. The van der Waals surface area contributed by atoms with Crippen LogP contribution in [0.15, 0.2) is 28.0 Å². The summed E-state index contributed by atoms with van der Waals surface area (Å²) in [6.45, 7) is 3.75. The van der Waals surface area contributed by atoms with Crippen molar-refractivity contribution < 1.29 is 0 Å². The Balaban J connectivity index is 2.68.